The lowest BCUT2D eigenvalue weighted by atomic mass is 10.1. The van der Waals surface area contributed by atoms with E-state index in [1.807, 2.05) is 0 Å². The molecule has 0 saturated heterocycles. The maximum absolute atomic E-state index is 10.2. The van der Waals surface area contributed by atoms with Gasteiger partial charge in [0, 0.05) is 6.61 Å². The Balaban J connectivity index is 3.37. The first kappa shape index (κ1) is 27.1. The van der Waals surface area contributed by atoms with Crippen molar-refractivity contribution in [1.82, 2.24) is 0 Å². The summed E-state index contributed by atoms with van der Waals surface area (Å²) in [7, 11) is -1.27. The second-order valence-electron chi connectivity index (χ2n) is 10.3. The summed E-state index contributed by atoms with van der Waals surface area (Å²) in [5.74, 6) is 0. The van der Waals surface area contributed by atoms with E-state index in [2.05, 4.69) is 40.8 Å². The Hall–Kier alpha value is 0.137. The van der Waals surface area contributed by atoms with E-state index >= 15 is 0 Å². The number of rotatable bonds is 18. The van der Waals surface area contributed by atoms with Gasteiger partial charge in [0.1, 0.15) is 0 Å². The summed E-state index contributed by atoms with van der Waals surface area (Å²) in [6.07, 6.45) is 17.1. The predicted molar refractivity (Wildman–Crippen MR) is 125 cm³/mol. The number of hydrogen-bond acceptors (Lipinski definition) is 2. The molecule has 0 heterocycles. The molecule has 3 heteroatoms. The Kier molecular flexibility index (Phi) is 16.1. The van der Waals surface area contributed by atoms with Crippen LogP contribution in [-0.2, 0) is 4.74 Å². The van der Waals surface area contributed by atoms with E-state index in [4.69, 9.17) is 4.74 Å². The van der Waals surface area contributed by atoms with Crippen LogP contribution in [0.2, 0.25) is 24.2 Å². The van der Waals surface area contributed by atoms with Crippen molar-refractivity contribution in [3.63, 3.8) is 0 Å². The molecule has 0 aromatic rings. The molecule has 0 aliphatic rings. The third-order valence-corrected chi connectivity index (χ3v) is 12.2. The quantitative estimate of drug-likeness (QED) is 0.187. The Morgan fingerprint density at radius 3 is 1.67 bits per heavy atom. The largest absolute Gasteiger partial charge is 0.391 e. The van der Waals surface area contributed by atoms with Crippen molar-refractivity contribution in [2.75, 3.05) is 13.2 Å². The molecule has 0 aliphatic heterocycles. The summed E-state index contributed by atoms with van der Waals surface area (Å²) < 4.78 is 5.70. The molecule has 27 heavy (non-hydrogen) atoms. The topological polar surface area (TPSA) is 29.5 Å². The van der Waals surface area contributed by atoms with Crippen molar-refractivity contribution in [2.45, 2.75) is 141 Å². The van der Waals surface area contributed by atoms with Crippen LogP contribution in [0.3, 0.4) is 0 Å². The molecule has 0 radical (unpaired) electrons. The third kappa shape index (κ3) is 15.7. The lowest BCUT2D eigenvalue weighted by Crippen LogP contribution is -2.38. The minimum Gasteiger partial charge on any atom is -0.391 e. The number of ether oxygens (including phenoxy) is 1. The van der Waals surface area contributed by atoms with E-state index in [1.165, 1.54) is 76.7 Å². The molecule has 1 N–H and O–H groups in total. The number of aliphatic hydroxyl groups is 1. The highest BCUT2D eigenvalue weighted by Gasteiger charge is 2.34. The third-order valence-electron chi connectivity index (χ3n) is 6.59. The highest BCUT2D eigenvalue weighted by Crippen LogP contribution is 2.39. The molecule has 0 aromatic heterocycles. The SMILES string of the molecule is CCCCCCCCCCCCCCOC[C@@H](O)CC[Si](C)(C)C(C)(C)C. The highest BCUT2D eigenvalue weighted by molar-refractivity contribution is 6.80. The fourth-order valence-electron chi connectivity index (χ4n) is 3.25. The van der Waals surface area contributed by atoms with Gasteiger partial charge in [0.2, 0.25) is 0 Å². The van der Waals surface area contributed by atoms with Crippen LogP contribution in [0, 0.1) is 0 Å². The molecule has 0 spiro atoms. The molecule has 0 aromatic carbocycles. The minimum atomic E-state index is -1.27. The van der Waals surface area contributed by atoms with E-state index in [-0.39, 0.29) is 6.10 Å². The molecule has 0 amide bonds. The first-order chi connectivity index (χ1) is 12.7. The number of hydrogen-bond donors (Lipinski definition) is 1. The van der Waals surface area contributed by atoms with Gasteiger partial charge in [0.25, 0.3) is 0 Å². The second kappa shape index (κ2) is 16.0. The molecule has 0 fully saturated rings. The molecule has 1 atom stereocenters. The lowest BCUT2D eigenvalue weighted by Gasteiger charge is -2.37. The van der Waals surface area contributed by atoms with Crippen molar-refractivity contribution in [3.05, 3.63) is 0 Å². The first-order valence-electron chi connectivity index (χ1n) is 12.0. The number of unbranched alkanes of at least 4 members (excludes halogenated alkanes) is 11. The second-order valence-corrected chi connectivity index (χ2v) is 16.1. The Labute approximate surface area is 172 Å². The van der Waals surface area contributed by atoms with Gasteiger partial charge in [-0.25, -0.2) is 0 Å². The van der Waals surface area contributed by atoms with E-state index in [0.29, 0.717) is 11.6 Å². The van der Waals surface area contributed by atoms with Crippen molar-refractivity contribution < 1.29 is 9.84 Å². The van der Waals surface area contributed by atoms with Gasteiger partial charge in [-0.15, -0.1) is 0 Å². The molecule has 0 saturated carbocycles. The summed E-state index contributed by atoms with van der Waals surface area (Å²) >= 11 is 0. The molecular formula is C24H52O2Si. The monoisotopic (exact) mass is 400 g/mol. The van der Waals surface area contributed by atoms with Crippen LogP contribution in [0.15, 0.2) is 0 Å². The predicted octanol–water partition coefficient (Wildman–Crippen LogP) is 7.96. The van der Waals surface area contributed by atoms with Crippen molar-refractivity contribution >= 4 is 8.07 Å². The van der Waals surface area contributed by atoms with Crippen molar-refractivity contribution in [2.24, 2.45) is 0 Å². The molecule has 0 rings (SSSR count). The van der Waals surface area contributed by atoms with Crippen LogP contribution < -0.4 is 0 Å². The van der Waals surface area contributed by atoms with Crippen LogP contribution in [-0.4, -0.2) is 32.5 Å². The Morgan fingerprint density at radius 2 is 1.22 bits per heavy atom. The van der Waals surface area contributed by atoms with Crippen LogP contribution in [0.5, 0.6) is 0 Å². The van der Waals surface area contributed by atoms with Gasteiger partial charge in [-0.05, 0) is 17.9 Å². The van der Waals surface area contributed by atoms with Crippen LogP contribution in [0.4, 0.5) is 0 Å². The standard InChI is InChI=1S/C24H52O2Si/c1-7-8-9-10-11-12-13-14-15-16-17-18-20-26-22-23(25)19-21-27(5,6)24(2,3)4/h23,25H,7-22H2,1-6H3/t23-/m0/s1. The van der Waals surface area contributed by atoms with Crippen LogP contribution >= 0.6 is 0 Å². The summed E-state index contributed by atoms with van der Waals surface area (Å²) in [5.41, 5.74) is 0. The van der Waals surface area contributed by atoms with Gasteiger partial charge in [-0.3, -0.25) is 0 Å². The lowest BCUT2D eigenvalue weighted by molar-refractivity contribution is 0.0332. The maximum Gasteiger partial charge on any atom is 0.0771 e. The summed E-state index contributed by atoms with van der Waals surface area (Å²) in [5, 5.41) is 10.6. The normalized spacial score (nSPS) is 13.9. The summed E-state index contributed by atoms with van der Waals surface area (Å²) in [4.78, 5) is 0. The Morgan fingerprint density at radius 1 is 0.778 bits per heavy atom. The van der Waals surface area contributed by atoms with E-state index in [9.17, 15) is 5.11 Å². The Bertz CT molecular complexity index is 323. The fraction of sp³-hybridized carbons (Fsp3) is 1.00. The van der Waals surface area contributed by atoms with Gasteiger partial charge in [-0.2, -0.15) is 0 Å². The first-order valence-corrected chi connectivity index (χ1v) is 15.2. The molecular weight excluding hydrogens is 348 g/mol. The van der Waals surface area contributed by atoms with Gasteiger partial charge >= 0.3 is 0 Å². The highest BCUT2D eigenvalue weighted by atomic mass is 28.3. The van der Waals surface area contributed by atoms with Crippen LogP contribution in [0.25, 0.3) is 0 Å². The smallest absolute Gasteiger partial charge is 0.0771 e. The van der Waals surface area contributed by atoms with Gasteiger partial charge < -0.3 is 9.84 Å². The zero-order chi connectivity index (χ0) is 20.6. The molecule has 2 nitrogen and oxygen atoms in total. The van der Waals surface area contributed by atoms with E-state index in [1.54, 1.807) is 0 Å². The van der Waals surface area contributed by atoms with E-state index < -0.39 is 8.07 Å². The van der Waals surface area contributed by atoms with Gasteiger partial charge in [-0.1, -0.05) is 117 Å². The molecule has 0 aliphatic carbocycles. The zero-order valence-electron chi connectivity index (χ0n) is 19.7. The average molecular weight is 401 g/mol. The average Bonchev–Trinajstić information content (AvgIpc) is 2.59. The molecule has 0 bridgehead atoms. The fourth-order valence-corrected chi connectivity index (χ4v) is 5.06. The molecule has 0 unspecified atom stereocenters. The zero-order valence-corrected chi connectivity index (χ0v) is 20.7. The summed E-state index contributed by atoms with van der Waals surface area (Å²) in [6.45, 7) is 15.5. The minimum absolute atomic E-state index is 0.281. The van der Waals surface area contributed by atoms with Crippen molar-refractivity contribution in [1.29, 1.82) is 0 Å². The van der Waals surface area contributed by atoms with E-state index in [0.717, 1.165) is 19.4 Å². The van der Waals surface area contributed by atoms with Gasteiger partial charge in [0.15, 0.2) is 0 Å². The van der Waals surface area contributed by atoms with Gasteiger partial charge in [0.05, 0.1) is 20.8 Å². The molecule has 164 valence electrons. The number of aliphatic hydroxyl groups excluding tert-OH is 1. The maximum atomic E-state index is 10.2. The van der Waals surface area contributed by atoms with Crippen molar-refractivity contribution in [3.8, 4) is 0 Å². The summed E-state index contributed by atoms with van der Waals surface area (Å²) in [6, 6.07) is 1.18. The van der Waals surface area contributed by atoms with Crippen LogP contribution in [0.1, 0.15) is 111 Å².